The molecule has 8 heteroatoms. The van der Waals surface area contributed by atoms with Crippen LogP contribution in [-0.4, -0.2) is 77.0 Å². The van der Waals surface area contributed by atoms with Crippen molar-refractivity contribution in [3.8, 4) is 0 Å². The number of piperazine rings is 1. The van der Waals surface area contributed by atoms with Gasteiger partial charge in [0, 0.05) is 44.0 Å². The van der Waals surface area contributed by atoms with Crippen LogP contribution < -0.4 is 5.46 Å². The van der Waals surface area contributed by atoms with Gasteiger partial charge in [-0.05, 0) is 34.7 Å². The second kappa shape index (κ2) is 10.4. The van der Waals surface area contributed by atoms with Crippen LogP contribution in [0.15, 0.2) is 12.4 Å². The van der Waals surface area contributed by atoms with E-state index < -0.39 is 7.12 Å². The molecule has 28 heavy (non-hydrogen) atoms. The van der Waals surface area contributed by atoms with Crippen molar-refractivity contribution in [3.63, 3.8) is 0 Å². The van der Waals surface area contributed by atoms with Crippen molar-refractivity contribution in [2.75, 3.05) is 33.2 Å². The van der Waals surface area contributed by atoms with Crippen LogP contribution in [-0.2, 0) is 20.6 Å². The Morgan fingerprint density at radius 1 is 1.04 bits per heavy atom. The molecule has 7 nitrogen and oxygen atoms in total. The van der Waals surface area contributed by atoms with Gasteiger partial charge in [-0.25, -0.2) is 0 Å². The van der Waals surface area contributed by atoms with Crippen LogP contribution in [0, 0.1) is 0 Å². The van der Waals surface area contributed by atoms with Gasteiger partial charge in [0.25, 0.3) is 0 Å². The zero-order chi connectivity index (χ0) is 21.5. The first-order valence-electron chi connectivity index (χ1n) is 10.5. The second-order valence-electron chi connectivity index (χ2n) is 7.74. The Kier molecular flexibility index (Phi) is 9.17. The van der Waals surface area contributed by atoms with E-state index in [0.717, 1.165) is 31.6 Å². The van der Waals surface area contributed by atoms with Crippen molar-refractivity contribution in [1.82, 2.24) is 19.6 Å². The van der Waals surface area contributed by atoms with E-state index in [1.807, 2.05) is 66.5 Å². The molecule has 1 aromatic rings. The molecule has 2 aliphatic heterocycles. The summed E-state index contributed by atoms with van der Waals surface area (Å²) in [7, 11) is 1.63. The minimum absolute atomic E-state index is 0.103. The largest absolute Gasteiger partial charge is 0.498 e. The number of rotatable bonds is 3. The third-order valence-electron chi connectivity index (χ3n) is 5.33. The zero-order valence-corrected chi connectivity index (χ0v) is 19.3. The van der Waals surface area contributed by atoms with E-state index in [1.54, 1.807) is 10.9 Å². The number of carbonyl (C=O) groups excluding carboxylic acids is 1. The van der Waals surface area contributed by atoms with Gasteiger partial charge in [-0.2, -0.15) is 5.10 Å². The fraction of sp³-hybridized carbons (Fsp3) is 0.800. The van der Waals surface area contributed by atoms with Gasteiger partial charge in [-0.1, -0.05) is 27.7 Å². The molecule has 0 aliphatic carbocycles. The standard InChI is InChI=1S/C16H27BN4O3.2C2H6/c1-15(2)16(3,4)24-17(23-15)13-10-18-21(11-13)12-14(22)20-8-6-19(5)7-9-20;2*1-2/h10-11H,6-9,12H2,1-5H3;2*1-2H3. The van der Waals surface area contributed by atoms with Crippen molar-refractivity contribution < 1.29 is 14.1 Å². The third kappa shape index (κ3) is 5.81. The lowest BCUT2D eigenvalue weighted by Crippen LogP contribution is -2.48. The summed E-state index contributed by atoms with van der Waals surface area (Å²) in [5.74, 6) is 0.103. The maximum absolute atomic E-state index is 12.4. The molecule has 2 fully saturated rings. The van der Waals surface area contributed by atoms with E-state index in [1.165, 1.54) is 0 Å². The Morgan fingerprint density at radius 3 is 2.04 bits per heavy atom. The number of likely N-dealkylation sites (N-methyl/N-ethyl adjacent to an activating group) is 1. The SMILES string of the molecule is CC.CC.CN1CCN(C(=O)Cn2cc(B3OC(C)(C)C(C)(C)O3)cn2)CC1. The molecule has 1 aromatic heterocycles. The van der Waals surface area contributed by atoms with Crippen molar-refractivity contribution in [2.24, 2.45) is 0 Å². The van der Waals surface area contributed by atoms with Crippen LogP contribution in [0.2, 0.25) is 0 Å². The summed E-state index contributed by atoms with van der Waals surface area (Å²) in [5.41, 5.74) is 0.0880. The van der Waals surface area contributed by atoms with Crippen LogP contribution >= 0.6 is 0 Å². The van der Waals surface area contributed by atoms with Crippen molar-refractivity contribution in [1.29, 1.82) is 0 Å². The molecule has 0 radical (unpaired) electrons. The third-order valence-corrected chi connectivity index (χ3v) is 5.33. The van der Waals surface area contributed by atoms with Crippen LogP contribution in [0.3, 0.4) is 0 Å². The van der Waals surface area contributed by atoms with Gasteiger partial charge in [-0.3, -0.25) is 9.48 Å². The summed E-state index contributed by atoms with van der Waals surface area (Å²) in [4.78, 5) is 16.5. The van der Waals surface area contributed by atoms with Crippen LogP contribution in [0.1, 0.15) is 55.4 Å². The number of nitrogens with zero attached hydrogens (tertiary/aromatic N) is 4. The number of aromatic nitrogens is 2. The zero-order valence-electron chi connectivity index (χ0n) is 19.3. The molecule has 2 saturated heterocycles. The molecular weight excluding hydrogens is 355 g/mol. The van der Waals surface area contributed by atoms with Gasteiger partial charge >= 0.3 is 7.12 Å². The highest BCUT2D eigenvalue weighted by Crippen LogP contribution is 2.36. The van der Waals surface area contributed by atoms with E-state index in [9.17, 15) is 4.79 Å². The summed E-state index contributed by atoms with van der Waals surface area (Å²) >= 11 is 0. The van der Waals surface area contributed by atoms with Gasteiger partial charge in [0.15, 0.2) is 0 Å². The summed E-state index contributed by atoms with van der Waals surface area (Å²) < 4.78 is 13.7. The molecule has 0 spiro atoms. The molecule has 3 heterocycles. The molecule has 0 unspecified atom stereocenters. The Hall–Kier alpha value is -1.38. The molecular formula is C20H39BN4O3. The number of hydrogen-bond acceptors (Lipinski definition) is 5. The monoisotopic (exact) mass is 394 g/mol. The average Bonchev–Trinajstić information content (AvgIpc) is 3.21. The lowest BCUT2D eigenvalue weighted by atomic mass is 9.82. The topological polar surface area (TPSA) is 59.8 Å². The van der Waals surface area contributed by atoms with Gasteiger partial charge in [0.1, 0.15) is 6.54 Å². The maximum Gasteiger partial charge on any atom is 0.498 e. The van der Waals surface area contributed by atoms with Crippen molar-refractivity contribution in [2.45, 2.75) is 73.1 Å². The first kappa shape index (κ1) is 24.7. The summed E-state index contributed by atoms with van der Waals surface area (Å²) in [6.07, 6.45) is 3.57. The molecule has 3 rings (SSSR count). The summed E-state index contributed by atoms with van der Waals surface area (Å²) in [6.45, 7) is 19.7. The molecule has 1 amide bonds. The highest BCUT2D eigenvalue weighted by Gasteiger charge is 2.52. The minimum Gasteiger partial charge on any atom is -0.399 e. The molecule has 0 aromatic carbocycles. The molecule has 0 atom stereocenters. The fourth-order valence-electron chi connectivity index (χ4n) is 2.86. The second-order valence-corrected chi connectivity index (χ2v) is 7.74. The molecule has 160 valence electrons. The van der Waals surface area contributed by atoms with Gasteiger partial charge < -0.3 is 19.1 Å². The Bertz CT molecular complexity index is 594. The quantitative estimate of drug-likeness (QED) is 0.734. The van der Waals surface area contributed by atoms with E-state index >= 15 is 0 Å². The molecule has 0 saturated carbocycles. The smallest absolute Gasteiger partial charge is 0.399 e. The first-order valence-corrected chi connectivity index (χ1v) is 10.5. The van der Waals surface area contributed by atoms with E-state index in [4.69, 9.17) is 9.31 Å². The average molecular weight is 394 g/mol. The van der Waals surface area contributed by atoms with E-state index in [0.29, 0.717) is 0 Å². The summed E-state index contributed by atoms with van der Waals surface area (Å²) in [5, 5.41) is 4.30. The van der Waals surface area contributed by atoms with E-state index in [-0.39, 0.29) is 23.7 Å². The fourth-order valence-corrected chi connectivity index (χ4v) is 2.86. The normalized spacial score (nSPS) is 20.8. The first-order chi connectivity index (χ1) is 13.2. The van der Waals surface area contributed by atoms with Crippen LogP contribution in [0.4, 0.5) is 0 Å². The van der Waals surface area contributed by atoms with Gasteiger partial charge in [0.05, 0.1) is 11.2 Å². The lowest BCUT2D eigenvalue weighted by molar-refractivity contribution is -0.133. The predicted octanol–water partition coefficient (Wildman–Crippen LogP) is 2.01. The molecule has 0 bridgehead atoms. The van der Waals surface area contributed by atoms with Crippen LogP contribution in [0.25, 0.3) is 0 Å². The summed E-state index contributed by atoms with van der Waals surface area (Å²) in [6, 6.07) is 0. The maximum atomic E-state index is 12.4. The Morgan fingerprint density at radius 2 is 1.54 bits per heavy atom. The van der Waals surface area contributed by atoms with Crippen molar-refractivity contribution >= 4 is 18.5 Å². The van der Waals surface area contributed by atoms with Crippen LogP contribution in [0.5, 0.6) is 0 Å². The Balaban J connectivity index is 0.000000921. The number of carbonyl (C=O) groups is 1. The van der Waals surface area contributed by atoms with Crippen molar-refractivity contribution in [3.05, 3.63) is 12.4 Å². The minimum atomic E-state index is -0.442. The number of amides is 1. The van der Waals surface area contributed by atoms with Gasteiger partial charge in [-0.15, -0.1) is 0 Å². The Labute approximate surface area is 171 Å². The highest BCUT2D eigenvalue weighted by molar-refractivity contribution is 6.62. The molecule has 0 N–H and O–H groups in total. The highest BCUT2D eigenvalue weighted by atomic mass is 16.7. The number of hydrogen-bond donors (Lipinski definition) is 0. The van der Waals surface area contributed by atoms with Gasteiger partial charge in [0.2, 0.25) is 5.91 Å². The lowest BCUT2D eigenvalue weighted by Gasteiger charge is -2.32. The van der Waals surface area contributed by atoms with E-state index in [2.05, 4.69) is 17.0 Å². The predicted molar refractivity (Wildman–Crippen MR) is 115 cm³/mol. The molecule has 2 aliphatic rings.